The van der Waals surface area contributed by atoms with Gasteiger partial charge in [0.25, 0.3) is 0 Å². The minimum atomic E-state index is 0.518. The SMILES string of the molecule is Cc1ccc(-c2nc(N)n(C)c2Br)c(C)c1C. The van der Waals surface area contributed by atoms with Gasteiger partial charge in [0.05, 0.1) is 0 Å². The van der Waals surface area contributed by atoms with E-state index in [1.807, 2.05) is 11.6 Å². The number of nitrogen functional groups attached to an aromatic ring is 1. The zero-order chi connectivity index (χ0) is 12.7. The molecule has 1 aromatic carbocycles. The molecule has 0 saturated carbocycles. The molecule has 2 rings (SSSR count). The molecule has 2 aromatic rings. The van der Waals surface area contributed by atoms with Crippen molar-refractivity contribution in [2.45, 2.75) is 20.8 Å². The molecule has 1 heterocycles. The van der Waals surface area contributed by atoms with Crippen LogP contribution in [-0.2, 0) is 7.05 Å². The van der Waals surface area contributed by atoms with E-state index in [0.717, 1.165) is 15.9 Å². The lowest BCUT2D eigenvalue weighted by atomic mass is 9.97. The van der Waals surface area contributed by atoms with E-state index in [4.69, 9.17) is 5.73 Å². The smallest absolute Gasteiger partial charge is 0.201 e. The Hall–Kier alpha value is -1.29. The number of anilines is 1. The van der Waals surface area contributed by atoms with Gasteiger partial charge in [-0.25, -0.2) is 4.98 Å². The highest BCUT2D eigenvalue weighted by atomic mass is 79.9. The van der Waals surface area contributed by atoms with E-state index >= 15 is 0 Å². The first-order valence-corrected chi connectivity index (χ1v) is 6.27. The first-order valence-electron chi connectivity index (χ1n) is 5.48. The van der Waals surface area contributed by atoms with Crippen LogP contribution in [0.3, 0.4) is 0 Å². The van der Waals surface area contributed by atoms with Gasteiger partial charge in [0.15, 0.2) is 0 Å². The standard InChI is InChI=1S/C13H16BrN3/c1-7-5-6-10(9(3)8(7)2)11-12(14)17(4)13(15)16-11/h5-6H,1-4H3,(H2,15,16). The van der Waals surface area contributed by atoms with Crippen molar-refractivity contribution in [2.75, 3.05) is 5.73 Å². The molecule has 0 aliphatic rings. The van der Waals surface area contributed by atoms with E-state index in [1.54, 1.807) is 0 Å². The Kier molecular flexibility index (Phi) is 3.00. The van der Waals surface area contributed by atoms with Crippen molar-refractivity contribution in [3.8, 4) is 11.3 Å². The van der Waals surface area contributed by atoms with Gasteiger partial charge in [-0.1, -0.05) is 12.1 Å². The summed E-state index contributed by atoms with van der Waals surface area (Å²) >= 11 is 3.54. The summed E-state index contributed by atoms with van der Waals surface area (Å²) < 4.78 is 2.76. The first-order chi connectivity index (χ1) is 7.93. The van der Waals surface area contributed by atoms with Crippen LogP contribution < -0.4 is 5.73 Å². The van der Waals surface area contributed by atoms with Crippen LogP contribution >= 0.6 is 15.9 Å². The van der Waals surface area contributed by atoms with Crippen LogP contribution in [-0.4, -0.2) is 9.55 Å². The number of aromatic nitrogens is 2. The summed E-state index contributed by atoms with van der Waals surface area (Å²) in [5, 5.41) is 0. The van der Waals surface area contributed by atoms with Crippen LogP contribution in [0.15, 0.2) is 16.7 Å². The van der Waals surface area contributed by atoms with Crippen molar-refractivity contribution in [1.29, 1.82) is 0 Å². The van der Waals surface area contributed by atoms with Crippen LogP contribution in [0, 0.1) is 20.8 Å². The maximum absolute atomic E-state index is 5.82. The largest absolute Gasteiger partial charge is 0.369 e. The summed E-state index contributed by atoms with van der Waals surface area (Å²) in [4.78, 5) is 4.41. The minimum absolute atomic E-state index is 0.518. The average Bonchev–Trinajstić information content (AvgIpc) is 2.54. The Balaban J connectivity index is 2.69. The molecule has 0 radical (unpaired) electrons. The van der Waals surface area contributed by atoms with Gasteiger partial charge in [-0.2, -0.15) is 0 Å². The predicted molar refractivity (Wildman–Crippen MR) is 75.0 cm³/mol. The maximum atomic E-state index is 5.82. The molecule has 90 valence electrons. The molecular formula is C13H16BrN3. The van der Waals surface area contributed by atoms with E-state index in [1.165, 1.54) is 16.7 Å². The molecule has 0 aliphatic carbocycles. The number of imidazole rings is 1. The quantitative estimate of drug-likeness (QED) is 0.876. The number of aryl methyl sites for hydroxylation is 1. The number of benzene rings is 1. The van der Waals surface area contributed by atoms with Crippen molar-refractivity contribution >= 4 is 21.9 Å². The molecule has 0 saturated heterocycles. The monoisotopic (exact) mass is 293 g/mol. The van der Waals surface area contributed by atoms with E-state index in [2.05, 4.69) is 53.8 Å². The molecule has 2 N–H and O–H groups in total. The fourth-order valence-electron chi connectivity index (χ4n) is 1.88. The normalized spacial score (nSPS) is 10.9. The summed E-state index contributed by atoms with van der Waals surface area (Å²) in [6.07, 6.45) is 0. The molecule has 0 fully saturated rings. The van der Waals surface area contributed by atoms with Crippen LogP contribution in [0.25, 0.3) is 11.3 Å². The third-order valence-electron chi connectivity index (χ3n) is 3.37. The highest BCUT2D eigenvalue weighted by molar-refractivity contribution is 9.10. The Morgan fingerprint density at radius 3 is 2.35 bits per heavy atom. The Morgan fingerprint density at radius 1 is 1.18 bits per heavy atom. The highest BCUT2D eigenvalue weighted by Crippen LogP contribution is 2.33. The average molecular weight is 294 g/mol. The van der Waals surface area contributed by atoms with Crippen molar-refractivity contribution in [3.05, 3.63) is 33.4 Å². The Bertz CT molecular complexity index is 585. The van der Waals surface area contributed by atoms with Gasteiger partial charge in [-0.15, -0.1) is 0 Å². The molecule has 0 aliphatic heterocycles. The van der Waals surface area contributed by atoms with Gasteiger partial charge in [-0.05, 0) is 53.4 Å². The van der Waals surface area contributed by atoms with Gasteiger partial charge >= 0.3 is 0 Å². The molecule has 0 atom stereocenters. The van der Waals surface area contributed by atoms with Gasteiger partial charge < -0.3 is 10.3 Å². The summed E-state index contributed by atoms with van der Waals surface area (Å²) in [6.45, 7) is 6.37. The van der Waals surface area contributed by atoms with E-state index < -0.39 is 0 Å². The zero-order valence-electron chi connectivity index (χ0n) is 10.5. The number of nitrogens with two attached hydrogens (primary N) is 1. The van der Waals surface area contributed by atoms with Gasteiger partial charge in [0, 0.05) is 12.6 Å². The number of nitrogens with zero attached hydrogens (tertiary/aromatic N) is 2. The molecule has 0 bridgehead atoms. The molecule has 4 heteroatoms. The van der Waals surface area contributed by atoms with Crippen LogP contribution in [0.4, 0.5) is 5.95 Å². The zero-order valence-corrected chi connectivity index (χ0v) is 12.1. The number of halogens is 1. The second-order valence-electron chi connectivity index (χ2n) is 4.35. The van der Waals surface area contributed by atoms with Crippen LogP contribution in [0.1, 0.15) is 16.7 Å². The molecule has 0 spiro atoms. The maximum Gasteiger partial charge on any atom is 0.201 e. The van der Waals surface area contributed by atoms with E-state index in [0.29, 0.717) is 5.95 Å². The summed E-state index contributed by atoms with van der Waals surface area (Å²) in [5.74, 6) is 0.518. The van der Waals surface area contributed by atoms with Crippen LogP contribution in [0.5, 0.6) is 0 Å². The van der Waals surface area contributed by atoms with Crippen molar-refractivity contribution in [3.63, 3.8) is 0 Å². The molecule has 1 aromatic heterocycles. The number of rotatable bonds is 1. The number of hydrogen-bond acceptors (Lipinski definition) is 2. The second kappa shape index (κ2) is 4.18. The lowest BCUT2D eigenvalue weighted by molar-refractivity contribution is 0.907. The second-order valence-corrected chi connectivity index (χ2v) is 5.10. The third-order valence-corrected chi connectivity index (χ3v) is 4.28. The predicted octanol–water partition coefficient (Wildman–Crippen LogP) is 3.36. The third kappa shape index (κ3) is 1.86. The first kappa shape index (κ1) is 12.2. The molecular weight excluding hydrogens is 278 g/mol. The molecule has 3 nitrogen and oxygen atoms in total. The summed E-state index contributed by atoms with van der Waals surface area (Å²) in [6, 6.07) is 4.22. The topological polar surface area (TPSA) is 43.8 Å². The molecule has 0 amide bonds. The molecule has 0 unspecified atom stereocenters. The lowest BCUT2D eigenvalue weighted by Gasteiger charge is -2.09. The fraction of sp³-hybridized carbons (Fsp3) is 0.308. The van der Waals surface area contributed by atoms with Gasteiger partial charge in [0.2, 0.25) is 5.95 Å². The van der Waals surface area contributed by atoms with Gasteiger partial charge in [-0.3, -0.25) is 0 Å². The number of hydrogen-bond donors (Lipinski definition) is 1. The Labute approximate surface area is 110 Å². The summed E-state index contributed by atoms with van der Waals surface area (Å²) in [5.41, 5.74) is 11.7. The van der Waals surface area contributed by atoms with E-state index in [9.17, 15) is 0 Å². The van der Waals surface area contributed by atoms with Crippen molar-refractivity contribution < 1.29 is 0 Å². The summed E-state index contributed by atoms with van der Waals surface area (Å²) in [7, 11) is 1.90. The lowest BCUT2D eigenvalue weighted by Crippen LogP contribution is -1.96. The van der Waals surface area contributed by atoms with Crippen LogP contribution in [0.2, 0.25) is 0 Å². The minimum Gasteiger partial charge on any atom is -0.369 e. The van der Waals surface area contributed by atoms with Crippen molar-refractivity contribution in [1.82, 2.24) is 9.55 Å². The van der Waals surface area contributed by atoms with E-state index in [-0.39, 0.29) is 0 Å². The van der Waals surface area contributed by atoms with Crippen molar-refractivity contribution in [2.24, 2.45) is 7.05 Å². The Morgan fingerprint density at radius 2 is 1.82 bits per heavy atom. The molecule has 17 heavy (non-hydrogen) atoms. The fourth-order valence-corrected chi connectivity index (χ4v) is 2.36. The highest BCUT2D eigenvalue weighted by Gasteiger charge is 2.15. The van der Waals surface area contributed by atoms with Gasteiger partial charge in [0.1, 0.15) is 10.3 Å².